The number of hydrogen-bond acceptors (Lipinski definition) is 5. The zero-order chi connectivity index (χ0) is 15.9. The van der Waals surface area contributed by atoms with E-state index in [1.165, 1.54) is 0 Å². The van der Waals surface area contributed by atoms with Gasteiger partial charge in [-0.1, -0.05) is 12.1 Å². The van der Waals surface area contributed by atoms with Crippen LogP contribution in [0.25, 0.3) is 16.7 Å². The van der Waals surface area contributed by atoms with Crippen LogP contribution in [-0.4, -0.2) is 50.7 Å². The predicted octanol–water partition coefficient (Wildman–Crippen LogP) is 1.93. The van der Waals surface area contributed by atoms with Crippen LogP contribution in [0.1, 0.15) is 0 Å². The lowest BCUT2D eigenvalue weighted by Crippen LogP contribution is -2.47. The lowest BCUT2D eigenvalue weighted by atomic mass is 10.3. The SMILES string of the molecule is c1ccc2[nH]c(N3CCN(c4ccc5nccn5n4)CC3)nc2c1. The minimum Gasteiger partial charge on any atom is -0.352 e. The predicted molar refractivity (Wildman–Crippen MR) is 93.5 cm³/mol. The smallest absolute Gasteiger partial charge is 0.203 e. The summed E-state index contributed by atoms with van der Waals surface area (Å²) >= 11 is 0. The summed E-state index contributed by atoms with van der Waals surface area (Å²) in [5, 5.41) is 4.63. The Morgan fingerprint density at radius 2 is 1.75 bits per heavy atom. The largest absolute Gasteiger partial charge is 0.352 e. The molecular formula is C17H17N7. The molecule has 0 atom stereocenters. The van der Waals surface area contributed by atoms with Crippen molar-refractivity contribution in [2.75, 3.05) is 36.0 Å². The summed E-state index contributed by atoms with van der Waals surface area (Å²) in [6.07, 6.45) is 3.65. The highest BCUT2D eigenvalue weighted by atomic mass is 15.4. The first-order valence-corrected chi connectivity index (χ1v) is 8.12. The Morgan fingerprint density at radius 1 is 0.917 bits per heavy atom. The molecule has 0 aliphatic carbocycles. The average Bonchev–Trinajstić information content (AvgIpc) is 3.27. The fourth-order valence-corrected chi connectivity index (χ4v) is 3.21. The third-order valence-corrected chi connectivity index (χ3v) is 4.52. The molecule has 5 rings (SSSR count). The molecule has 120 valence electrons. The van der Waals surface area contributed by atoms with E-state index in [2.05, 4.69) is 30.9 Å². The molecule has 7 nitrogen and oxygen atoms in total. The zero-order valence-electron chi connectivity index (χ0n) is 13.1. The van der Waals surface area contributed by atoms with Crippen molar-refractivity contribution in [3.63, 3.8) is 0 Å². The van der Waals surface area contributed by atoms with Crippen molar-refractivity contribution in [3.05, 3.63) is 48.8 Å². The molecule has 1 fully saturated rings. The van der Waals surface area contributed by atoms with Gasteiger partial charge in [-0.2, -0.15) is 0 Å². The summed E-state index contributed by atoms with van der Waals surface area (Å²) in [7, 11) is 0. The highest BCUT2D eigenvalue weighted by molar-refractivity contribution is 5.77. The number of fused-ring (bicyclic) bond motifs is 2. The second-order valence-corrected chi connectivity index (χ2v) is 5.97. The van der Waals surface area contributed by atoms with Crippen LogP contribution in [0.2, 0.25) is 0 Å². The molecule has 0 unspecified atom stereocenters. The van der Waals surface area contributed by atoms with Crippen molar-refractivity contribution in [3.8, 4) is 0 Å². The number of rotatable bonds is 2. The van der Waals surface area contributed by atoms with Gasteiger partial charge in [0.15, 0.2) is 5.65 Å². The molecular weight excluding hydrogens is 302 g/mol. The maximum atomic E-state index is 4.69. The van der Waals surface area contributed by atoms with Crippen LogP contribution in [0.5, 0.6) is 0 Å². The van der Waals surface area contributed by atoms with Gasteiger partial charge in [0.1, 0.15) is 5.82 Å². The summed E-state index contributed by atoms with van der Waals surface area (Å²) < 4.78 is 1.82. The lowest BCUT2D eigenvalue weighted by Gasteiger charge is -2.35. The first-order chi connectivity index (χ1) is 11.9. The molecule has 0 amide bonds. The molecule has 1 aromatic carbocycles. The first-order valence-electron chi connectivity index (χ1n) is 8.12. The Morgan fingerprint density at radius 3 is 2.62 bits per heavy atom. The van der Waals surface area contributed by atoms with E-state index in [0.29, 0.717) is 0 Å². The lowest BCUT2D eigenvalue weighted by molar-refractivity contribution is 0.632. The van der Waals surface area contributed by atoms with Gasteiger partial charge < -0.3 is 14.8 Å². The molecule has 4 aromatic rings. The normalized spacial score (nSPS) is 15.5. The molecule has 1 saturated heterocycles. The van der Waals surface area contributed by atoms with Crippen molar-refractivity contribution in [2.45, 2.75) is 0 Å². The van der Waals surface area contributed by atoms with Gasteiger partial charge in [-0.25, -0.2) is 14.5 Å². The molecule has 3 aromatic heterocycles. The van der Waals surface area contributed by atoms with Gasteiger partial charge in [0.25, 0.3) is 0 Å². The first kappa shape index (κ1) is 13.4. The van der Waals surface area contributed by atoms with Gasteiger partial charge in [0.2, 0.25) is 5.95 Å². The molecule has 0 bridgehead atoms. The summed E-state index contributed by atoms with van der Waals surface area (Å²) in [6, 6.07) is 12.2. The van der Waals surface area contributed by atoms with E-state index in [1.807, 2.05) is 41.0 Å². The highest BCUT2D eigenvalue weighted by Gasteiger charge is 2.20. The number of para-hydroxylation sites is 2. The molecule has 0 radical (unpaired) electrons. The number of piperazine rings is 1. The van der Waals surface area contributed by atoms with E-state index >= 15 is 0 Å². The van der Waals surface area contributed by atoms with Gasteiger partial charge in [-0.3, -0.25) is 0 Å². The second kappa shape index (κ2) is 5.23. The third-order valence-electron chi connectivity index (χ3n) is 4.52. The molecule has 1 aliphatic heterocycles. The van der Waals surface area contributed by atoms with E-state index in [0.717, 1.165) is 54.6 Å². The van der Waals surface area contributed by atoms with Gasteiger partial charge in [0.05, 0.1) is 11.0 Å². The Kier molecular flexibility index (Phi) is 2.91. The van der Waals surface area contributed by atoms with Crippen LogP contribution in [-0.2, 0) is 0 Å². The van der Waals surface area contributed by atoms with Crippen molar-refractivity contribution >= 4 is 28.4 Å². The average molecular weight is 319 g/mol. The Bertz CT molecular complexity index is 951. The van der Waals surface area contributed by atoms with Crippen LogP contribution in [0.15, 0.2) is 48.8 Å². The quantitative estimate of drug-likeness (QED) is 0.611. The summed E-state index contributed by atoms with van der Waals surface area (Å²) in [5.74, 6) is 1.94. The molecule has 1 N–H and O–H groups in total. The van der Waals surface area contributed by atoms with Crippen LogP contribution < -0.4 is 9.80 Å². The number of aromatic nitrogens is 5. The molecule has 4 heterocycles. The van der Waals surface area contributed by atoms with E-state index in [4.69, 9.17) is 4.98 Å². The monoisotopic (exact) mass is 319 g/mol. The number of imidazole rings is 2. The molecule has 0 saturated carbocycles. The minimum absolute atomic E-state index is 0.875. The van der Waals surface area contributed by atoms with Gasteiger partial charge in [0, 0.05) is 38.6 Å². The van der Waals surface area contributed by atoms with E-state index in [1.54, 1.807) is 6.20 Å². The zero-order valence-corrected chi connectivity index (χ0v) is 13.1. The third kappa shape index (κ3) is 2.17. The molecule has 24 heavy (non-hydrogen) atoms. The number of nitrogens with zero attached hydrogens (tertiary/aromatic N) is 6. The van der Waals surface area contributed by atoms with Crippen LogP contribution in [0.3, 0.4) is 0 Å². The van der Waals surface area contributed by atoms with E-state index in [9.17, 15) is 0 Å². The maximum absolute atomic E-state index is 4.69. The maximum Gasteiger partial charge on any atom is 0.203 e. The van der Waals surface area contributed by atoms with Gasteiger partial charge in [-0.05, 0) is 24.3 Å². The van der Waals surface area contributed by atoms with Gasteiger partial charge >= 0.3 is 0 Å². The number of benzene rings is 1. The van der Waals surface area contributed by atoms with Crippen molar-refractivity contribution in [1.29, 1.82) is 0 Å². The molecule has 0 spiro atoms. The summed E-state index contributed by atoms with van der Waals surface area (Å²) in [4.78, 5) is 16.9. The van der Waals surface area contributed by atoms with Crippen molar-refractivity contribution in [2.24, 2.45) is 0 Å². The van der Waals surface area contributed by atoms with Crippen molar-refractivity contribution in [1.82, 2.24) is 24.6 Å². The number of hydrogen-bond donors (Lipinski definition) is 1. The van der Waals surface area contributed by atoms with E-state index in [-0.39, 0.29) is 0 Å². The van der Waals surface area contributed by atoms with E-state index < -0.39 is 0 Å². The highest BCUT2D eigenvalue weighted by Crippen LogP contribution is 2.20. The fraction of sp³-hybridized carbons (Fsp3) is 0.235. The van der Waals surface area contributed by atoms with Crippen LogP contribution >= 0.6 is 0 Å². The Balaban J connectivity index is 1.34. The Labute approximate surface area is 138 Å². The van der Waals surface area contributed by atoms with Crippen LogP contribution in [0, 0.1) is 0 Å². The summed E-state index contributed by atoms with van der Waals surface area (Å²) in [6.45, 7) is 3.68. The number of aromatic amines is 1. The minimum atomic E-state index is 0.875. The topological polar surface area (TPSA) is 65.4 Å². The second-order valence-electron chi connectivity index (χ2n) is 5.97. The number of nitrogens with one attached hydrogen (secondary N) is 1. The Hall–Kier alpha value is -3.09. The van der Waals surface area contributed by atoms with Gasteiger partial charge in [-0.15, -0.1) is 5.10 Å². The van der Waals surface area contributed by atoms with Crippen molar-refractivity contribution < 1.29 is 0 Å². The molecule has 1 aliphatic rings. The molecule has 7 heteroatoms. The number of H-pyrrole nitrogens is 1. The summed E-state index contributed by atoms with van der Waals surface area (Å²) in [5.41, 5.74) is 2.98. The fourth-order valence-electron chi connectivity index (χ4n) is 3.21. The van der Waals surface area contributed by atoms with Crippen LogP contribution in [0.4, 0.5) is 11.8 Å². The number of anilines is 2. The standard InChI is InChI=1S/C17H17N7/c1-2-4-14-13(3-1)19-17(20-14)23-11-9-22(10-12-23)16-6-5-15-18-7-8-24(15)21-16/h1-8H,9-12H2,(H,19,20).